The molecule has 0 amide bonds. The van der Waals surface area contributed by atoms with Gasteiger partial charge in [0.15, 0.2) is 0 Å². The van der Waals surface area contributed by atoms with Crippen molar-refractivity contribution in [3.8, 4) is 0 Å². The van der Waals surface area contributed by atoms with Crippen LogP contribution in [-0.2, 0) is 13.6 Å². The predicted octanol–water partition coefficient (Wildman–Crippen LogP) is 2.82. The van der Waals surface area contributed by atoms with E-state index in [1.807, 2.05) is 0 Å². The molecule has 0 radical (unpaired) electrons. The summed E-state index contributed by atoms with van der Waals surface area (Å²) in [5.41, 5.74) is 0.955. The Hall–Kier alpha value is -1.07. The number of nitrogens with zero attached hydrogens (tertiary/aromatic N) is 1. The van der Waals surface area contributed by atoms with Crippen molar-refractivity contribution in [3.63, 3.8) is 0 Å². The van der Waals surface area contributed by atoms with Crippen LogP contribution in [0, 0.1) is 0 Å². The zero-order valence-corrected chi connectivity index (χ0v) is 11.1. The number of hydrogen-bond acceptors (Lipinski definition) is 3. The van der Waals surface area contributed by atoms with Crippen LogP contribution in [-0.4, -0.2) is 4.57 Å². The van der Waals surface area contributed by atoms with E-state index in [-0.39, 0.29) is 5.56 Å². The van der Waals surface area contributed by atoms with E-state index in [2.05, 4.69) is 32.7 Å². The molecule has 84 valence electrons. The molecule has 2 aromatic heterocycles. The zero-order chi connectivity index (χ0) is 11.5. The third-order valence-corrected chi connectivity index (χ3v) is 3.87. The average molecular weight is 299 g/mol. The third-order valence-electron chi connectivity index (χ3n) is 2.17. The fourth-order valence-electron chi connectivity index (χ4n) is 1.33. The van der Waals surface area contributed by atoms with E-state index in [1.165, 1.54) is 4.88 Å². The predicted molar refractivity (Wildman–Crippen MR) is 71.0 cm³/mol. The minimum atomic E-state index is 0.00409. The van der Waals surface area contributed by atoms with Crippen LogP contribution in [0.1, 0.15) is 4.88 Å². The second-order valence-corrected chi connectivity index (χ2v) is 5.36. The lowest BCUT2D eigenvalue weighted by molar-refractivity contribution is 0.859. The Labute approximate surface area is 106 Å². The first-order chi connectivity index (χ1) is 7.65. The SMILES string of the molecule is Cn1cc(NCc2cc(Br)cs2)ccc1=O. The maximum Gasteiger partial charge on any atom is 0.250 e. The molecular formula is C11H11BrN2OS. The standard InChI is InChI=1S/C11H11BrN2OS/c1-14-6-9(2-3-11(14)15)13-5-10-4-8(12)7-16-10/h2-4,6-7,13H,5H2,1H3. The van der Waals surface area contributed by atoms with Gasteiger partial charge in [-0.25, -0.2) is 0 Å². The number of anilines is 1. The Morgan fingerprint density at radius 3 is 2.94 bits per heavy atom. The first kappa shape index (κ1) is 11.4. The fourth-order valence-corrected chi connectivity index (χ4v) is 2.72. The van der Waals surface area contributed by atoms with Gasteiger partial charge < -0.3 is 9.88 Å². The van der Waals surface area contributed by atoms with Gasteiger partial charge in [-0.05, 0) is 28.1 Å². The van der Waals surface area contributed by atoms with Crippen molar-refractivity contribution in [1.29, 1.82) is 0 Å². The van der Waals surface area contributed by atoms with E-state index >= 15 is 0 Å². The number of hydrogen-bond donors (Lipinski definition) is 1. The number of nitrogens with one attached hydrogen (secondary N) is 1. The molecule has 0 fully saturated rings. The Morgan fingerprint density at radius 2 is 2.31 bits per heavy atom. The van der Waals surface area contributed by atoms with Gasteiger partial charge in [0.25, 0.3) is 0 Å². The van der Waals surface area contributed by atoms with Crippen LogP contribution >= 0.6 is 27.3 Å². The van der Waals surface area contributed by atoms with E-state index in [0.717, 1.165) is 16.7 Å². The molecule has 0 atom stereocenters. The lowest BCUT2D eigenvalue weighted by Crippen LogP contribution is -2.15. The van der Waals surface area contributed by atoms with Gasteiger partial charge in [0, 0.05) is 40.6 Å². The lowest BCUT2D eigenvalue weighted by atomic mass is 10.4. The second-order valence-electron chi connectivity index (χ2n) is 3.45. The quantitative estimate of drug-likeness (QED) is 0.945. The highest BCUT2D eigenvalue weighted by atomic mass is 79.9. The minimum absolute atomic E-state index is 0.00409. The van der Waals surface area contributed by atoms with Crippen LogP contribution in [0.25, 0.3) is 0 Å². The monoisotopic (exact) mass is 298 g/mol. The van der Waals surface area contributed by atoms with Gasteiger partial charge in [0.1, 0.15) is 0 Å². The maximum absolute atomic E-state index is 11.2. The molecule has 0 unspecified atom stereocenters. The molecule has 0 bridgehead atoms. The molecule has 0 aliphatic carbocycles. The van der Waals surface area contributed by atoms with Crippen molar-refractivity contribution in [2.45, 2.75) is 6.54 Å². The smallest absolute Gasteiger partial charge is 0.250 e. The van der Waals surface area contributed by atoms with Crippen molar-refractivity contribution in [3.05, 3.63) is 49.5 Å². The maximum atomic E-state index is 11.2. The first-order valence-electron chi connectivity index (χ1n) is 4.78. The molecule has 1 N–H and O–H groups in total. The second kappa shape index (κ2) is 4.84. The highest BCUT2D eigenvalue weighted by Gasteiger charge is 1.98. The largest absolute Gasteiger partial charge is 0.379 e. The molecule has 0 aromatic carbocycles. The van der Waals surface area contributed by atoms with E-state index in [9.17, 15) is 4.79 Å². The molecule has 16 heavy (non-hydrogen) atoms. The van der Waals surface area contributed by atoms with E-state index in [0.29, 0.717) is 0 Å². The molecule has 3 nitrogen and oxygen atoms in total. The minimum Gasteiger partial charge on any atom is -0.379 e. The normalized spacial score (nSPS) is 10.4. The Bertz CT molecular complexity index is 547. The van der Waals surface area contributed by atoms with Crippen LogP contribution in [0.3, 0.4) is 0 Å². The summed E-state index contributed by atoms with van der Waals surface area (Å²) in [7, 11) is 1.75. The van der Waals surface area contributed by atoms with Gasteiger partial charge in [-0.2, -0.15) is 0 Å². The van der Waals surface area contributed by atoms with Crippen molar-refractivity contribution in [1.82, 2.24) is 4.57 Å². The van der Waals surface area contributed by atoms with Crippen molar-refractivity contribution in [2.75, 3.05) is 5.32 Å². The van der Waals surface area contributed by atoms with Crippen LogP contribution in [0.2, 0.25) is 0 Å². The first-order valence-corrected chi connectivity index (χ1v) is 6.46. The number of aromatic nitrogens is 1. The van der Waals surface area contributed by atoms with Crippen molar-refractivity contribution in [2.24, 2.45) is 7.05 Å². The molecule has 0 saturated carbocycles. The number of rotatable bonds is 3. The van der Waals surface area contributed by atoms with Gasteiger partial charge in [-0.1, -0.05) is 0 Å². The summed E-state index contributed by atoms with van der Waals surface area (Å²) in [4.78, 5) is 12.4. The third kappa shape index (κ3) is 2.74. The summed E-state index contributed by atoms with van der Waals surface area (Å²) >= 11 is 5.11. The summed E-state index contributed by atoms with van der Waals surface area (Å²) in [6.07, 6.45) is 1.80. The Morgan fingerprint density at radius 1 is 1.50 bits per heavy atom. The summed E-state index contributed by atoms with van der Waals surface area (Å²) < 4.78 is 2.67. The van der Waals surface area contributed by atoms with Gasteiger partial charge in [0.05, 0.1) is 5.69 Å². The lowest BCUT2D eigenvalue weighted by Gasteiger charge is -2.05. The molecule has 0 aliphatic rings. The zero-order valence-electron chi connectivity index (χ0n) is 8.74. The molecule has 0 saturated heterocycles. The molecular weight excluding hydrogens is 288 g/mol. The molecule has 2 rings (SSSR count). The Balaban J connectivity index is 2.05. The molecule has 0 aliphatic heterocycles. The number of aryl methyl sites for hydroxylation is 1. The van der Waals surface area contributed by atoms with Crippen molar-refractivity contribution < 1.29 is 0 Å². The van der Waals surface area contributed by atoms with Gasteiger partial charge >= 0.3 is 0 Å². The van der Waals surface area contributed by atoms with Gasteiger partial charge in [0.2, 0.25) is 5.56 Å². The molecule has 0 spiro atoms. The van der Waals surface area contributed by atoms with Crippen LogP contribution in [0.4, 0.5) is 5.69 Å². The van der Waals surface area contributed by atoms with Crippen LogP contribution < -0.4 is 10.9 Å². The van der Waals surface area contributed by atoms with Gasteiger partial charge in [-0.3, -0.25) is 4.79 Å². The van der Waals surface area contributed by atoms with E-state index < -0.39 is 0 Å². The topological polar surface area (TPSA) is 34.0 Å². The number of thiophene rings is 1. The number of halogens is 1. The Kier molecular flexibility index (Phi) is 3.46. The molecule has 5 heteroatoms. The summed E-state index contributed by atoms with van der Waals surface area (Å²) in [5, 5.41) is 5.33. The van der Waals surface area contributed by atoms with E-state index in [4.69, 9.17) is 0 Å². The highest BCUT2D eigenvalue weighted by molar-refractivity contribution is 9.10. The highest BCUT2D eigenvalue weighted by Crippen LogP contribution is 2.20. The fraction of sp³-hybridized carbons (Fsp3) is 0.182. The van der Waals surface area contributed by atoms with Crippen LogP contribution in [0.5, 0.6) is 0 Å². The van der Waals surface area contributed by atoms with Crippen molar-refractivity contribution >= 4 is 33.0 Å². The summed E-state index contributed by atoms with van der Waals surface area (Å²) in [5.74, 6) is 0. The van der Waals surface area contributed by atoms with Crippen LogP contribution in [0.15, 0.2) is 39.0 Å². The summed E-state index contributed by atoms with van der Waals surface area (Å²) in [6, 6.07) is 5.44. The molecule has 2 aromatic rings. The summed E-state index contributed by atoms with van der Waals surface area (Å²) in [6.45, 7) is 0.772. The van der Waals surface area contributed by atoms with Gasteiger partial charge in [-0.15, -0.1) is 11.3 Å². The van der Waals surface area contributed by atoms with E-state index in [1.54, 1.807) is 41.3 Å². The average Bonchev–Trinajstić information content (AvgIpc) is 2.66. The molecule has 2 heterocycles. The number of pyridine rings is 1.